The van der Waals surface area contributed by atoms with Crippen LogP contribution in [0.15, 0.2) is 0 Å². The minimum absolute atomic E-state index is 0.0764. The Morgan fingerprint density at radius 1 is 1.20 bits per heavy atom. The molecule has 1 rings (SSSR count). The lowest BCUT2D eigenvalue weighted by molar-refractivity contribution is -0.122. The third-order valence-corrected chi connectivity index (χ3v) is 3.40. The van der Waals surface area contributed by atoms with Crippen molar-refractivity contribution in [3.63, 3.8) is 0 Å². The van der Waals surface area contributed by atoms with Crippen LogP contribution in [0.3, 0.4) is 0 Å². The van der Waals surface area contributed by atoms with E-state index in [2.05, 4.69) is 17.6 Å². The van der Waals surface area contributed by atoms with E-state index in [1.807, 2.05) is 0 Å². The fourth-order valence-electron chi connectivity index (χ4n) is 2.12. The molecule has 0 radical (unpaired) electrons. The van der Waals surface area contributed by atoms with Crippen molar-refractivity contribution in [1.82, 2.24) is 10.6 Å². The molecular weight excluding hydrogens is 256 g/mol. The van der Waals surface area contributed by atoms with E-state index in [0.29, 0.717) is 25.7 Å². The van der Waals surface area contributed by atoms with Gasteiger partial charge >= 0.3 is 0 Å². The maximum Gasteiger partial charge on any atom is 0.222 e. The summed E-state index contributed by atoms with van der Waals surface area (Å²) >= 11 is 0. The fourth-order valence-corrected chi connectivity index (χ4v) is 2.12. The van der Waals surface area contributed by atoms with Crippen molar-refractivity contribution in [1.29, 1.82) is 0 Å². The molecule has 0 bridgehead atoms. The molecule has 1 aliphatic rings. The van der Waals surface area contributed by atoms with Crippen molar-refractivity contribution in [3.8, 4) is 0 Å². The molecule has 1 fully saturated rings. The molecule has 0 aromatic carbocycles. The molecule has 0 aromatic rings. The first kappa shape index (κ1) is 17.4. The second-order valence-electron chi connectivity index (χ2n) is 5.24. The normalized spacial score (nSPS) is 16.2. The van der Waals surface area contributed by atoms with Gasteiger partial charge in [-0.3, -0.25) is 4.79 Å². The third kappa shape index (κ3) is 9.28. The van der Waals surface area contributed by atoms with Crippen molar-refractivity contribution in [2.75, 3.05) is 39.5 Å². The van der Waals surface area contributed by atoms with Crippen molar-refractivity contribution in [3.05, 3.63) is 0 Å². The Bertz CT molecular complexity index is 243. The van der Waals surface area contributed by atoms with Gasteiger partial charge in [0.05, 0.1) is 12.7 Å². The molecule has 0 unspecified atom stereocenters. The summed E-state index contributed by atoms with van der Waals surface area (Å²) in [6, 6.07) is 0. The highest BCUT2D eigenvalue weighted by Crippen LogP contribution is 2.07. The van der Waals surface area contributed by atoms with Crippen LogP contribution in [-0.4, -0.2) is 51.5 Å². The summed E-state index contributed by atoms with van der Waals surface area (Å²) in [5, 5.41) is 6.20. The van der Waals surface area contributed by atoms with Gasteiger partial charge in [0, 0.05) is 26.2 Å². The van der Waals surface area contributed by atoms with Crippen LogP contribution < -0.4 is 10.6 Å². The summed E-state index contributed by atoms with van der Waals surface area (Å²) in [6.45, 7) is 6.97. The Hall–Kier alpha value is -0.650. The lowest BCUT2D eigenvalue weighted by Gasteiger charge is -2.22. The number of hydrogen-bond donors (Lipinski definition) is 2. The number of amides is 1. The van der Waals surface area contributed by atoms with Crippen molar-refractivity contribution < 1.29 is 14.3 Å². The maximum absolute atomic E-state index is 11.6. The third-order valence-electron chi connectivity index (χ3n) is 3.40. The number of hydrogen-bond acceptors (Lipinski definition) is 4. The van der Waals surface area contributed by atoms with Crippen molar-refractivity contribution >= 4 is 5.91 Å². The zero-order chi connectivity index (χ0) is 14.5. The van der Waals surface area contributed by atoms with Gasteiger partial charge in [-0.25, -0.2) is 0 Å². The van der Waals surface area contributed by atoms with Gasteiger partial charge in [-0.15, -0.1) is 0 Å². The molecule has 1 aliphatic heterocycles. The number of carbonyl (C=O) groups excluding carboxylic acids is 1. The smallest absolute Gasteiger partial charge is 0.222 e. The average Bonchev–Trinajstić information content (AvgIpc) is 2.47. The van der Waals surface area contributed by atoms with Crippen LogP contribution in [0.25, 0.3) is 0 Å². The highest BCUT2D eigenvalue weighted by molar-refractivity contribution is 5.75. The molecule has 2 N–H and O–H groups in total. The standard InChI is InChI=1S/C15H30N2O3/c1-2-3-11-19-12-4-8-17-15(18)7-13-20-14-5-9-16-10-6-14/h14,16H,2-13H2,1H3,(H,17,18). The SMILES string of the molecule is CCCCOCCCNC(=O)CCOC1CCNCC1. The van der Waals surface area contributed by atoms with Crippen LogP contribution in [0.5, 0.6) is 0 Å². The number of ether oxygens (including phenoxy) is 2. The molecule has 1 saturated heterocycles. The van der Waals surface area contributed by atoms with Crippen LogP contribution in [0, 0.1) is 0 Å². The Labute approximate surface area is 122 Å². The van der Waals surface area contributed by atoms with E-state index >= 15 is 0 Å². The van der Waals surface area contributed by atoms with Crippen LogP contribution in [0.4, 0.5) is 0 Å². The Morgan fingerprint density at radius 2 is 1.95 bits per heavy atom. The van der Waals surface area contributed by atoms with Gasteiger partial charge < -0.3 is 20.1 Å². The zero-order valence-electron chi connectivity index (χ0n) is 12.8. The van der Waals surface area contributed by atoms with Gasteiger partial charge in [-0.2, -0.15) is 0 Å². The summed E-state index contributed by atoms with van der Waals surface area (Å²) in [6.07, 6.45) is 6.04. The molecule has 20 heavy (non-hydrogen) atoms. The number of piperidine rings is 1. The van der Waals surface area contributed by atoms with E-state index in [0.717, 1.165) is 58.4 Å². The molecule has 5 nitrogen and oxygen atoms in total. The van der Waals surface area contributed by atoms with E-state index in [4.69, 9.17) is 9.47 Å². The molecule has 0 spiro atoms. The van der Waals surface area contributed by atoms with E-state index in [-0.39, 0.29) is 5.91 Å². The maximum atomic E-state index is 11.6. The van der Waals surface area contributed by atoms with Crippen molar-refractivity contribution in [2.45, 2.75) is 51.6 Å². The first-order chi connectivity index (χ1) is 9.83. The number of carbonyl (C=O) groups is 1. The minimum Gasteiger partial charge on any atom is -0.381 e. The molecule has 1 heterocycles. The molecule has 0 aromatic heterocycles. The van der Waals surface area contributed by atoms with Gasteiger partial charge in [0.1, 0.15) is 0 Å². The summed E-state index contributed by atoms with van der Waals surface area (Å²) in [5.41, 5.74) is 0. The second kappa shape index (κ2) is 12.1. The highest BCUT2D eigenvalue weighted by atomic mass is 16.5. The van der Waals surface area contributed by atoms with E-state index < -0.39 is 0 Å². The fraction of sp³-hybridized carbons (Fsp3) is 0.933. The average molecular weight is 286 g/mol. The Balaban J connectivity index is 1.85. The predicted molar refractivity (Wildman–Crippen MR) is 79.8 cm³/mol. The molecule has 0 atom stereocenters. The molecule has 0 saturated carbocycles. The van der Waals surface area contributed by atoms with E-state index in [1.165, 1.54) is 0 Å². The Kier molecular flexibility index (Phi) is 10.5. The largest absolute Gasteiger partial charge is 0.381 e. The number of rotatable bonds is 11. The molecular formula is C15H30N2O3. The van der Waals surface area contributed by atoms with Crippen LogP contribution in [-0.2, 0) is 14.3 Å². The van der Waals surface area contributed by atoms with Gasteiger partial charge in [-0.05, 0) is 38.8 Å². The quantitative estimate of drug-likeness (QED) is 0.565. The molecule has 5 heteroatoms. The summed E-state index contributed by atoms with van der Waals surface area (Å²) in [5.74, 6) is 0.0764. The molecule has 1 amide bonds. The number of unbranched alkanes of at least 4 members (excludes halogenated alkanes) is 1. The van der Waals surface area contributed by atoms with Crippen LogP contribution in [0.1, 0.15) is 45.4 Å². The monoisotopic (exact) mass is 286 g/mol. The number of nitrogens with one attached hydrogen (secondary N) is 2. The zero-order valence-corrected chi connectivity index (χ0v) is 12.8. The van der Waals surface area contributed by atoms with Crippen LogP contribution >= 0.6 is 0 Å². The molecule has 118 valence electrons. The lowest BCUT2D eigenvalue weighted by atomic mass is 10.1. The first-order valence-corrected chi connectivity index (χ1v) is 7.99. The topological polar surface area (TPSA) is 59.6 Å². The predicted octanol–water partition coefficient (Wildman–Crippen LogP) is 1.47. The van der Waals surface area contributed by atoms with Gasteiger partial charge in [0.2, 0.25) is 5.91 Å². The van der Waals surface area contributed by atoms with Crippen molar-refractivity contribution in [2.24, 2.45) is 0 Å². The van der Waals surface area contributed by atoms with Gasteiger partial charge in [0.25, 0.3) is 0 Å². The molecule has 0 aliphatic carbocycles. The second-order valence-corrected chi connectivity index (χ2v) is 5.24. The lowest BCUT2D eigenvalue weighted by Crippen LogP contribution is -2.33. The first-order valence-electron chi connectivity index (χ1n) is 7.99. The van der Waals surface area contributed by atoms with Gasteiger partial charge in [0.15, 0.2) is 0 Å². The minimum atomic E-state index is 0.0764. The summed E-state index contributed by atoms with van der Waals surface area (Å²) in [4.78, 5) is 11.6. The van der Waals surface area contributed by atoms with Gasteiger partial charge in [-0.1, -0.05) is 13.3 Å². The van der Waals surface area contributed by atoms with Crippen LogP contribution in [0.2, 0.25) is 0 Å². The summed E-state index contributed by atoms with van der Waals surface area (Å²) < 4.78 is 11.1. The summed E-state index contributed by atoms with van der Waals surface area (Å²) in [7, 11) is 0. The van der Waals surface area contributed by atoms with E-state index in [9.17, 15) is 4.79 Å². The Morgan fingerprint density at radius 3 is 2.70 bits per heavy atom. The van der Waals surface area contributed by atoms with E-state index in [1.54, 1.807) is 0 Å². The highest BCUT2D eigenvalue weighted by Gasteiger charge is 2.13.